The Kier molecular flexibility index (Phi) is 18.3. The number of fused-ring (bicyclic) bond motifs is 4. The highest BCUT2D eigenvalue weighted by Gasteiger charge is 2.85. The highest BCUT2D eigenvalue weighted by Crippen LogP contribution is 2.46. The molecule has 54 heavy (non-hydrogen) atoms. The van der Waals surface area contributed by atoms with Gasteiger partial charge >= 0.3 is 63.1 Å². The van der Waals surface area contributed by atoms with E-state index in [9.17, 15) is 0 Å². The molecule has 0 spiro atoms. The molecule has 0 aromatic rings. The Morgan fingerprint density at radius 2 is 0.778 bits per heavy atom. The second-order valence-corrected chi connectivity index (χ2v) is 57.9. The molecule has 0 radical (unpaired) electrons. The van der Waals surface area contributed by atoms with Gasteiger partial charge in [-0.15, -0.1) is 0 Å². The molecular formula is C17H62O20Si17. The zero-order valence-corrected chi connectivity index (χ0v) is 53.5. The summed E-state index contributed by atoms with van der Waals surface area (Å²) in [4.78, 5) is 0. The van der Waals surface area contributed by atoms with Gasteiger partial charge in [0.2, 0.25) is 0 Å². The van der Waals surface area contributed by atoms with E-state index >= 15 is 0 Å². The number of hydrogen-bond donors (Lipinski definition) is 0. The third-order valence-electron chi connectivity index (χ3n) is 6.34. The molecule has 318 valence electrons. The van der Waals surface area contributed by atoms with E-state index in [4.69, 9.17) is 82.6 Å². The van der Waals surface area contributed by atoms with E-state index in [-0.39, 0.29) is 6.23 Å². The van der Waals surface area contributed by atoms with Crippen molar-refractivity contribution in [3.63, 3.8) is 0 Å². The molecule has 0 N–H and O–H groups in total. The summed E-state index contributed by atoms with van der Waals surface area (Å²) in [6, 6.07) is 0. The molecule has 7 unspecified atom stereocenters. The van der Waals surface area contributed by atoms with Crippen LogP contribution in [0.3, 0.4) is 0 Å². The highest BCUT2D eigenvalue weighted by molar-refractivity contribution is 6.98. The topological polar surface area (TPSA) is 185 Å². The van der Waals surface area contributed by atoms with Crippen LogP contribution in [0.5, 0.6) is 0 Å². The fourth-order valence-corrected chi connectivity index (χ4v) is 62.5. The maximum absolute atomic E-state index is 7.17. The average molecular weight is 1060 g/mol. The molecule has 7 atom stereocenters. The van der Waals surface area contributed by atoms with Crippen LogP contribution < -0.4 is 0 Å². The molecule has 4 heterocycles. The molecule has 0 aliphatic carbocycles. The predicted octanol–water partition coefficient (Wildman–Crippen LogP) is -1.67. The van der Waals surface area contributed by atoms with Crippen LogP contribution in [-0.4, -0.2) is 162 Å². The molecular weight excluding hydrogens is 1000 g/mol. The summed E-state index contributed by atoms with van der Waals surface area (Å²) in [5, 5.41) is 0. The lowest BCUT2D eigenvalue weighted by molar-refractivity contribution is -0.0868. The third-order valence-corrected chi connectivity index (χ3v) is 54.0. The van der Waals surface area contributed by atoms with Crippen LogP contribution in [0.15, 0.2) is 0 Å². The standard InChI is InChI=1S/C17H62O20Si17/c1-40(2)18-17-48-20-39-22-50(24-43(7)8)32-52(30-48,26-45(11)12)36-54(28-47(15)16)35-51(29-48,25-44(9)10)31-49(23-42(5)6,21-38-19-41(3)4)33-53(34-50,37-54)27-46(13)14/h40-47H,17,38-39H2,1-16H3. The van der Waals surface area contributed by atoms with Gasteiger partial charge in [-0.25, -0.2) is 0 Å². The normalized spacial score (nSPS) is 38.2. The SMILES string of the molecule is C[SiH](C)OC[Si]12O[SiH2]O[Si]3(O[SiH](C)C)O[Si](O[SiH](C)C)(O1)O[Si]1(O[SiH](C)C)O[Si](O[SiH](C)C)(O2)O[Si](O[SiH2]O[SiH](C)C)(O[SiH](C)C)O[Si](O[SiH](C)C)(O3)O1. The summed E-state index contributed by atoms with van der Waals surface area (Å²) in [6.07, 6.45) is -0.125. The molecule has 6 bridgehead atoms. The van der Waals surface area contributed by atoms with Crippen molar-refractivity contribution in [1.29, 1.82) is 0 Å². The molecule has 0 saturated carbocycles. The van der Waals surface area contributed by atoms with Crippen LogP contribution in [0, 0.1) is 0 Å². The van der Waals surface area contributed by atoms with Gasteiger partial charge in [0, 0.05) is 0 Å². The first-order valence-electron chi connectivity index (χ1n) is 18.4. The Hall–Kier alpha value is 2.89. The first-order valence-corrected chi connectivity index (χ1v) is 54.7. The predicted molar refractivity (Wildman–Crippen MR) is 235 cm³/mol. The third kappa shape index (κ3) is 13.7. The summed E-state index contributed by atoms with van der Waals surface area (Å²) in [5.41, 5.74) is 0. The Balaban J connectivity index is 2.17. The van der Waals surface area contributed by atoms with Crippen molar-refractivity contribution in [3.05, 3.63) is 0 Å². The molecule has 0 aromatic carbocycles. The molecule has 20 nitrogen and oxygen atoms in total. The van der Waals surface area contributed by atoms with E-state index in [1.165, 1.54) is 0 Å². The van der Waals surface area contributed by atoms with Crippen LogP contribution >= 0.6 is 0 Å². The van der Waals surface area contributed by atoms with Gasteiger partial charge in [-0.1, -0.05) is 0 Å². The van der Waals surface area contributed by atoms with E-state index < -0.39 is 155 Å². The smallest absolute Gasteiger partial charge is 0.444 e. The fraction of sp³-hybridized carbons (Fsp3) is 1.00. The largest absolute Gasteiger partial charge is 0.651 e. The molecule has 4 aliphatic heterocycles. The molecule has 4 aliphatic rings. The highest BCUT2D eigenvalue weighted by atomic mass is 28.6. The minimum atomic E-state index is -4.77. The van der Waals surface area contributed by atoms with E-state index in [1.54, 1.807) is 0 Å². The summed E-state index contributed by atoms with van der Waals surface area (Å²) in [7, 11) is -52.3. The van der Waals surface area contributed by atoms with Gasteiger partial charge in [-0.05, 0) is 105 Å². The lowest BCUT2D eigenvalue weighted by atomic mass is 11.7. The minimum Gasteiger partial charge on any atom is -0.444 e. The van der Waals surface area contributed by atoms with Gasteiger partial charge in [0.05, 0.1) is 0 Å². The van der Waals surface area contributed by atoms with E-state index in [0.29, 0.717) is 0 Å². The van der Waals surface area contributed by atoms with E-state index in [2.05, 4.69) is 0 Å². The quantitative estimate of drug-likeness (QED) is 0.134. The Morgan fingerprint density at radius 3 is 1.19 bits per heavy atom. The fourth-order valence-electron chi connectivity index (χ4n) is 4.93. The second kappa shape index (κ2) is 19.9. The minimum absolute atomic E-state index is 0.125. The summed E-state index contributed by atoms with van der Waals surface area (Å²) < 4.78 is 137. The number of hydrogen-bond acceptors (Lipinski definition) is 20. The lowest BCUT2D eigenvalue weighted by Crippen LogP contribution is -2.87. The summed E-state index contributed by atoms with van der Waals surface area (Å²) in [5.74, 6) is 0. The summed E-state index contributed by atoms with van der Waals surface area (Å²) in [6.45, 7) is 31.6. The first-order chi connectivity index (χ1) is 24.9. The molecule has 0 amide bonds. The van der Waals surface area contributed by atoms with E-state index in [0.717, 1.165) is 0 Å². The van der Waals surface area contributed by atoms with Crippen molar-refractivity contribution >= 4 is 155 Å². The van der Waals surface area contributed by atoms with Crippen molar-refractivity contribution in [2.45, 2.75) is 105 Å². The van der Waals surface area contributed by atoms with Gasteiger partial charge in [-0.2, -0.15) is 0 Å². The molecule has 4 fully saturated rings. The van der Waals surface area contributed by atoms with Gasteiger partial charge in [-0.3, -0.25) is 0 Å². The van der Waals surface area contributed by atoms with Gasteiger partial charge in [0.15, 0.2) is 72.3 Å². The average Bonchev–Trinajstić information content (AvgIpc) is 2.90. The van der Waals surface area contributed by atoms with Crippen molar-refractivity contribution < 1.29 is 82.6 Å². The van der Waals surface area contributed by atoms with Crippen LogP contribution in [0.2, 0.25) is 105 Å². The Bertz CT molecular complexity index is 1220. The van der Waals surface area contributed by atoms with Crippen molar-refractivity contribution in [3.8, 4) is 0 Å². The van der Waals surface area contributed by atoms with Crippen molar-refractivity contribution in [2.24, 2.45) is 0 Å². The monoisotopic (exact) mass is 1060 g/mol. The van der Waals surface area contributed by atoms with Gasteiger partial charge in [0.25, 0.3) is 20.0 Å². The molecule has 37 heteroatoms. The van der Waals surface area contributed by atoms with Crippen LogP contribution in [-0.2, 0) is 82.6 Å². The van der Waals surface area contributed by atoms with Crippen LogP contribution in [0.1, 0.15) is 0 Å². The van der Waals surface area contributed by atoms with E-state index in [1.807, 2.05) is 105 Å². The Labute approximate surface area is 346 Å². The van der Waals surface area contributed by atoms with Gasteiger partial charge in [0.1, 0.15) is 6.23 Å². The van der Waals surface area contributed by atoms with Gasteiger partial charge < -0.3 is 82.6 Å². The molecule has 4 rings (SSSR count). The van der Waals surface area contributed by atoms with Crippen molar-refractivity contribution in [1.82, 2.24) is 0 Å². The van der Waals surface area contributed by atoms with Crippen LogP contribution in [0.4, 0.5) is 0 Å². The second-order valence-electron chi connectivity index (χ2n) is 14.8. The summed E-state index contributed by atoms with van der Waals surface area (Å²) >= 11 is 0. The zero-order chi connectivity index (χ0) is 40.4. The lowest BCUT2D eigenvalue weighted by Gasteiger charge is -2.56. The maximum Gasteiger partial charge on any atom is 0.651 e. The molecule has 0 aromatic heterocycles. The molecule has 4 saturated heterocycles. The van der Waals surface area contributed by atoms with Crippen LogP contribution in [0.25, 0.3) is 0 Å². The maximum atomic E-state index is 7.17. The Morgan fingerprint density at radius 1 is 0.407 bits per heavy atom. The van der Waals surface area contributed by atoms with Crippen molar-refractivity contribution in [2.75, 3.05) is 6.23 Å². The first kappa shape index (κ1) is 49.5. The number of rotatable bonds is 19. The zero-order valence-electron chi connectivity index (χ0n) is 34.4.